The highest BCUT2D eigenvalue weighted by Crippen LogP contribution is 2.26. The monoisotopic (exact) mass is 333 g/mol. The summed E-state index contributed by atoms with van der Waals surface area (Å²) in [4.78, 5) is 26.9. The SMILES string of the molecule is COc1cc(OC)cc([C@H](O)CNC(=O)Cn2cccnc2=O)c1. The summed E-state index contributed by atoms with van der Waals surface area (Å²) in [5.74, 6) is 0.673. The van der Waals surface area contributed by atoms with Gasteiger partial charge < -0.3 is 19.9 Å². The van der Waals surface area contributed by atoms with Crippen molar-refractivity contribution in [3.8, 4) is 11.5 Å². The number of carbonyl (C=O) groups is 1. The van der Waals surface area contributed by atoms with Crippen LogP contribution >= 0.6 is 0 Å². The third-order valence-electron chi connectivity index (χ3n) is 3.35. The van der Waals surface area contributed by atoms with Gasteiger partial charge in [-0.1, -0.05) is 0 Å². The molecule has 0 spiro atoms. The molecule has 0 aliphatic carbocycles. The molecule has 2 N–H and O–H groups in total. The smallest absolute Gasteiger partial charge is 0.347 e. The van der Waals surface area contributed by atoms with Gasteiger partial charge in [0.05, 0.1) is 20.3 Å². The van der Waals surface area contributed by atoms with Gasteiger partial charge in [0.15, 0.2) is 0 Å². The Morgan fingerprint density at radius 1 is 1.29 bits per heavy atom. The second-order valence-electron chi connectivity index (χ2n) is 5.00. The van der Waals surface area contributed by atoms with Crippen LogP contribution in [0.15, 0.2) is 41.5 Å². The number of hydrogen-bond acceptors (Lipinski definition) is 6. The number of aromatic nitrogens is 2. The lowest BCUT2D eigenvalue weighted by atomic mass is 10.1. The molecular formula is C16H19N3O5. The fraction of sp³-hybridized carbons (Fsp3) is 0.312. The van der Waals surface area contributed by atoms with Gasteiger partial charge in [0.25, 0.3) is 0 Å². The third kappa shape index (κ3) is 4.56. The number of methoxy groups -OCH3 is 2. The number of nitrogens with zero attached hydrogens (tertiary/aromatic N) is 2. The molecular weight excluding hydrogens is 314 g/mol. The van der Waals surface area contributed by atoms with Gasteiger partial charge in [-0.3, -0.25) is 9.36 Å². The Labute approximate surface area is 138 Å². The molecule has 0 fully saturated rings. The fourth-order valence-electron chi connectivity index (χ4n) is 2.07. The van der Waals surface area contributed by atoms with Crippen LogP contribution in [0.2, 0.25) is 0 Å². The van der Waals surface area contributed by atoms with E-state index in [1.807, 2.05) is 0 Å². The van der Waals surface area contributed by atoms with Crippen molar-refractivity contribution >= 4 is 5.91 Å². The Bertz CT molecular complexity index is 737. The Kier molecular flexibility index (Phi) is 5.91. The van der Waals surface area contributed by atoms with E-state index in [2.05, 4.69) is 10.3 Å². The van der Waals surface area contributed by atoms with Crippen molar-refractivity contribution < 1.29 is 19.4 Å². The van der Waals surface area contributed by atoms with Crippen molar-refractivity contribution in [3.05, 3.63) is 52.7 Å². The van der Waals surface area contributed by atoms with Crippen molar-refractivity contribution in [2.45, 2.75) is 12.6 Å². The first-order valence-corrected chi connectivity index (χ1v) is 7.22. The molecule has 1 aromatic carbocycles. The Balaban J connectivity index is 1.97. The number of hydrogen-bond donors (Lipinski definition) is 2. The highest BCUT2D eigenvalue weighted by molar-refractivity contribution is 5.75. The molecule has 0 aliphatic heterocycles. The van der Waals surface area contributed by atoms with Crippen LogP contribution in [-0.4, -0.2) is 41.3 Å². The largest absolute Gasteiger partial charge is 0.497 e. The summed E-state index contributed by atoms with van der Waals surface area (Å²) < 4.78 is 11.5. The van der Waals surface area contributed by atoms with Gasteiger partial charge in [0.2, 0.25) is 5.91 Å². The molecule has 0 aliphatic rings. The second kappa shape index (κ2) is 8.11. The van der Waals surface area contributed by atoms with Crippen LogP contribution in [0, 0.1) is 0 Å². The highest BCUT2D eigenvalue weighted by atomic mass is 16.5. The van der Waals surface area contributed by atoms with E-state index >= 15 is 0 Å². The van der Waals surface area contributed by atoms with Gasteiger partial charge in [-0.25, -0.2) is 9.78 Å². The molecule has 1 amide bonds. The molecule has 1 aromatic heterocycles. The summed E-state index contributed by atoms with van der Waals surface area (Å²) in [7, 11) is 3.02. The number of ether oxygens (including phenoxy) is 2. The molecule has 0 saturated carbocycles. The van der Waals surface area contributed by atoms with Crippen molar-refractivity contribution in [1.82, 2.24) is 14.9 Å². The summed E-state index contributed by atoms with van der Waals surface area (Å²) in [5.41, 5.74) is 0.0378. The normalized spacial score (nSPS) is 11.6. The molecule has 0 unspecified atom stereocenters. The number of aliphatic hydroxyl groups excluding tert-OH is 1. The molecule has 8 nitrogen and oxygen atoms in total. The first kappa shape index (κ1) is 17.5. The summed E-state index contributed by atoms with van der Waals surface area (Å²) in [6, 6.07) is 6.56. The predicted octanol–water partition coefficient (Wildman–Crippen LogP) is 0.110. The number of rotatable bonds is 7. The van der Waals surface area contributed by atoms with Gasteiger partial charge in [0.1, 0.15) is 18.0 Å². The minimum atomic E-state index is -0.941. The average Bonchev–Trinajstić information content (AvgIpc) is 2.61. The van der Waals surface area contributed by atoms with Crippen LogP contribution in [0.25, 0.3) is 0 Å². The molecule has 0 bridgehead atoms. The third-order valence-corrected chi connectivity index (χ3v) is 3.35. The number of benzene rings is 1. The Morgan fingerprint density at radius 3 is 2.54 bits per heavy atom. The maximum atomic E-state index is 11.9. The zero-order valence-electron chi connectivity index (χ0n) is 13.4. The van der Waals surface area contributed by atoms with Crippen molar-refractivity contribution in [2.75, 3.05) is 20.8 Å². The molecule has 2 aromatic rings. The summed E-state index contributed by atoms with van der Waals surface area (Å²) in [6.45, 7) is -0.176. The van der Waals surface area contributed by atoms with Crippen molar-refractivity contribution in [3.63, 3.8) is 0 Å². The topological polar surface area (TPSA) is 103 Å². The highest BCUT2D eigenvalue weighted by Gasteiger charge is 2.13. The van der Waals surface area contributed by atoms with E-state index in [1.54, 1.807) is 24.3 Å². The number of nitrogens with one attached hydrogen (secondary N) is 1. The minimum Gasteiger partial charge on any atom is -0.497 e. The lowest BCUT2D eigenvalue weighted by molar-refractivity contribution is -0.122. The summed E-state index contributed by atoms with van der Waals surface area (Å²) in [6.07, 6.45) is 1.89. The Hall–Kier alpha value is -2.87. The molecule has 128 valence electrons. The lowest BCUT2D eigenvalue weighted by Crippen LogP contribution is -2.35. The predicted molar refractivity (Wildman–Crippen MR) is 86.0 cm³/mol. The number of aliphatic hydroxyl groups is 1. The standard InChI is InChI=1S/C16H19N3O5/c1-23-12-6-11(7-13(8-12)24-2)14(20)9-18-15(21)10-19-5-3-4-17-16(19)22/h3-8,14,20H,9-10H2,1-2H3,(H,18,21)/t14-/m1/s1. The quantitative estimate of drug-likeness (QED) is 0.745. The molecule has 8 heteroatoms. The van der Waals surface area contributed by atoms with Gasteiger partial charge in [-0.2, -0.15) is 0 Å². The average molecular weight is 333 g/mol. The van der Waals surface area contributed by atoms with Crippen LogP contribution in [0.3, 0.4) is 0 Å². The molecule has 2 rings (SSSR count). The van der Waals surface area contributed by atoms with Crippen LogP contribution in [0.1, 0.15) is 11.7 Å². The van der Waals surface area contributed by atoms with Crippen molar-refractivity contribution in [1.29, 1.82) is 0 Å². The van der Waals surface area contributed by atoms with Crippen molar-refractivity contribution in [2.24, 2.45) is 0 Å². The van der Waals surface area contributed by atoms with Gasteiger partial charge in [-0.05, 0) is 23.8 Å². The van der Waals surface area contributed by atoms with E-state index in [9.17, 15) is 14.7 Å². The van der Waals surface area contributed by atoms with Gasteiger partial charge in [-0.15, -0.1) is 0 Å². The number of carbonyl (C=O) groups excluding carboxylic acids is 1. The van der Waals surface area contributed by atoms with E-state index < -0.39 is 17.7 Å². The van der Waals surface area contributed by atoms with E-state index in [0.29, 0.717) is 17.1 Å². The van der Waals surface area contributed by atoms with Crippen LogP contribution < -0.4 is 20.5 Å². The van der Waals surface area contributed by atoms with Gasteiger partial charge >= 0.3 is 5.69 Å². The zero-order valence-corrected chi connectivity index (χ0v) is 13.4. The van der Waals surface area contributed by atoms with E-state index in [1.165, 1.54) is 31.2 Å². The first-order chi connectivity index (χ1) is 11.5. The maximum absolute atomic E-state index is 11.9. The molecule has 1 atom stereocenters. The summed E-state index contributed by atoms with van der Waals surface area (Å²) in [5, 5.41) is 12.8. The molecule has 1 heterocycles. The van der Waals surface area contributed by atoms with Crippen LogP contribution in [0.5, 0.6) is 11.5 Å². The van der Waals surface area contributed by atoms with Gasteiger partial charge in [0, 0.05) is 25.0 Å². The second-order valence-corrected chi connectivity index (χ2v) is 5.00. The van der Waals surface area contributed by atoms with E-state index in [-0.39, 0.29) is 13.1 Å². The number of amides is 1. The molecule has 0 saturated heterocycles. The maximum Gasteiger partial charge on any atom is 0.347 e. The lowest BCUT2D eigenvalue weighted by Gasteiger charge is -2.15. The zero-order chi connectivity index (χ0) is 17.5. The molecule has 24 heavy (non-hydrogen) atoms. The first-order valence-electron chi connectivity index (χ1n) is 7.22. The molecule has 0 radical (unpaired) electrons. The fourth-order valence-corrected chi connectivity index (χ4v) is 2.07. The summed E-state index contributed by atoms with van der Waals surface area (Å²) >= 11 is 0. The Morgan fingerprint density at radius 2 is 1.96 bits per heavy atom. The van der Waals surface area contributed by atoms with Crippen LogP contribution in [-0.2, 0) is 11.3 Å². The minimum absolute atomic E-state index is 0.00975. The van der Waals surface area contributed by atoms with Crippen LogP contribution in [0.4, 0.5) is 0 Å². The van der Waals surface area contributed by atoms with E-state index in [0.717, 1.165) is 0 Å². The van der Waals surface area contributed by atoms with E-state index in [4.69, 9.17) is 9.47 Å².